The van der Waals surface area contributed by atoms with Crippen molar-refractivity contribution in [1.82, 2.24) is 0 Å². The average Bonchev–Trinajstić information content (AvgIpc) is 2.34. The van der Waals surface area contributed by atoms with Crippen LogP contribution in [0, 0.1) is 0 Å². The quantitative estimate of drug-likeness (QED) is 0.443. The zero-order valence-corrected chi connectivity index (χ0v) is 14.9. The van der Waals surface area contributed by atoms with Gasteiger partial charge in [0.1, 0.15) is 11.9 Å². The predicted molar refractivity (Wildman–Crippen MR) is 89.0 cm³/mol. The van der Waals surface area contributed by atoms with E-state index in [-0.39, 0.29) is 11.0 Å². The Morgan fingerprint density at radius 3 is 2.43 bits per heavy atom. The molecule has 0 bridgehead atoms. The molecule has 0 unspecified atom stereocenters. The number of rotatable bonds is 5. The number of benzene rings is 1. The van der Waals surface area contributed by atoms with Gasteiger partial charge in [-0.2, -0.15) is 0 Å². The van der Waals surface area contributed by atoms with Crippen LogP contribution in [0.1, 0.15) is 39.4 Å². The fourth-order valence-corrected chi connectivity index (χ4v) is 2.66. The second-order valence-electron chi connectivity index (χ2n) is 6.70. The molecular weight excluding hydrogens is 280 g/mol. The number of carbonyl (C=O) groups is 1. The summed E-state index contributed by atoms with van der Waals surface area (Å²) in [7, 11) is -1.88. The van der Waals surface area contributed by atoms with Crippen LogP contribution in [0.25, 0.3) is 0 Å². The zero-order chi connectivity index (χ0) is 16.3. The first-order valence-corrected chi connectivity index (χ1v) is 10.1. The largest absolute Gasteiger partial charge is 0.543 e. The number of hydrogen-bond donors (Lipinski definition) is 0. The Kier molecular flexibility index (Phi) is 5.40. The van der Waals surface area contributed by atoms with Crippen LogP contribution in [0.15, 0.2) is 36.9 Å². The summed E-state index contributed by atoms with van der Waals surface area (Å²) in [5.41, 5.74) is 0.872. The van der Waals surface area contributed by atoms with Crippen LogP contribution in [0.2, 0.25) is 18.1 Å². The SMILES string of the molecule is C=C[C@@H](OC(C)=O)c1cccc(O[Si](C)(C)C(C)(C)C)c1. The smallest absolute Gasteiger partial charge is 0.303 e. The standard InChI is InChI=1S/C17H26O3Si/c1-8-16(19-13(2)18)14-10-9-11-15(12-14)20-21(6,7)17(3,4)5/h8-12,16H,1H2,2-7H3/t16-/m1/s1. The van der Waals surface area contributed by atoms with Crippen LogP contribution in [-0.2, 0) is 9.53 Å². The molecule has 0 saturated carbocycles. The minimum atomic E-state index is -1.88. The van der Waals surface area contributed by atoms with E-state index in [9.17, 15) is 4.79 Å². The van der Waals surface area contributed by atoms with Gasteiger partial charge >= 0.3 is 5.97 Å². The van der Waals surface area contributed by atoms with Crippen molar-refractivity contribution >= 4 is 14.3 Å². The molecule has 4 heteroatoms. The van der Waals surface area contributed by atoms with Crippen molar-refractivity contribution in [2.45, 2.75) is 51.9 Å². The maximum Gasteiger partial charge on any atom is 0.303 e. The van der Waals surface area contributed by atoms with Gasteiger partial charge in [0.2, 0.25) is 8.32 Å². The van der Waals surface area contributed by atoms with E-state index in [1.54, 1.807) is 6.08 Å². The van der Waals surface area contributed by atoms with E-state index in [0.717, 1.165) is 11.3 Å². The molecule has 0 aliphatic rings. The van der Waals surface area contributed by atoms with Gasteiger partial charge in [-0.25, -0.2) is 0 Å². The summed E-state index contributed by atoms with van der Waals surface area (Å²) in [5, 5.41) is 0.136. The Hall–Kier alpha value is -1.55. The summed E-state index contributed by atoms with van der Waals surface area (Å²) in [6.07, 6.45) is 1.18. The highest BCUT2D eigenvalue weighted by atomic mass is 28.4. The van der Waals surface area contributed by atoms with Crippen LogP contribution < -0.4 is 4.43 Å². The first-order chi connectivity index (χ1) is 9.56. The van der Waals surface area contributed by atoms with Crippen molar-refractivity contribution in [1.29, 1.82) is 0 Å². The van der Waals surface area contributed by atoms with E-state index in [1.807, 2.05) is 24.3 Å². The normalized spacial score (nSPS) is 13.4. The topological polar surface area (TPSA) is 35.5 Å². The van der Waals surface area contributed by atoms with Gasteiger partial charge in [-0.3, -0.25) is 4.79 Å². The molecule has 1 rings (SSSR count). The van der Waals surface area contributed by atoms with E-state index in [1.165, 1.54) is 6.92 Å². The highest BCUT2D eigenvalue weighted by Gasteiger charge is 2.39. The van der Waals surface area contributed by atoms with Gasteiger partial charge in [0.05, 0.1) is 0 Å². The summed E-state index contributed by atoms with van der Waals surface area (Å²) in [4.78, 5) is 11.1. The lowest BCUT2D eigenvalue weighted by molar-refractivity contribution is -0.144. The zero-order valence-electron chi connectivity index (χ0n) is 13.9. The fraction of sp³-hybridized carbons (Fsp3) is 0.471. The molecule has 0 N–H and O–H groups in total. The monoisotopic (exact) mass is 306 g/mol. The molecule has 0 aliphatic carbocycles. The Morgan fingerprint density at radius 1 is 1.33 bits per heavy atom. The van der Waals surface area contributed by atoms with Crippen molar-refractivity contribution in [2.24, 2.45) is 0 Å². The van der Waals surface area contributed by atoms with Gasteiger partial charge in [0.15, 0.2) is 0 Å². The van der Waals surface area contributed by atoms with Gasteiger partial charge in [0.25, 0.3) is 0 Å². The minimum Gasteiger partial charge on any atom is -0.543 e. The van der Waals surface area contributed by atoms with E-state index in [4.69, 9.17) is 9.16 Å². The molecule has 0 aromatic heterocycles. The Labute approximate surface area is 129 Å². The van der Waals surface area contributed by atoms with Crippen molar-refractivity contribution in [3.63, 3.8) is 0 Å². The summed E-state index contributed by atoms with van der Waals surface area (Å²) < 4.78 is 11.5. The third-order valence-corrected chi connectivity index (χ3v) is 8.23. The van der Waals surface area contributed by atoms with Gasteiger partial charge < -0.3 is 9.16 Å². The molecule has 0 fully saturated rings. The van der Waals surface area contributed by atoms with Crippen LogP contribution in [0.4, 0.5) is 0 Å². The Balaban J connectivity index is 3.00. The molecular formula is C17H26O3Si. The highest BCUT2D eigenvalue weighted by Crippen LogP contribution is 2.37. The molecule has 1 atom stereocenters. The number of carbonyl (C=O) groups excluding carboxylic acids is 1. The Bertz CT molecular complexity index is 515. The van der Waals surface area contributed by atoms with Crippen molar-refractivity contribution in [3.05, 3.63) is 42.5 Å². The molecule has 116 valence electrons. The lowest BCUT2D eigenvalue weighted by Gasteiger charge is -2.36. The maximum absolute atomic E-state index is 11.1. The van der Waals surface area contributed by atoms with Crippen LogP contribution in [0.5, 0.6) is 5.75 Å². The third-order valence-electron chi connectivity index (χ3n) is 3.87. The van der Waals surface area contributed by atoms with Crippen LogP contribution >= 0.6 is 0 Å². The van der Waals surface area contributed by atoms with Crippen molar-refractivity contribution in [3.8, 4) is 5.75 Å². The first kappa shape index (κ1) is 17.5. The molecule has 1 aromatic carbocycles. The molecule has 0 saturated heterocycles. The summed E-state index contributed by atoms with van der Waals surface area (Å²) >= 11 is 0. The van der Waals surface area contributed by atoms with E-state index >= 15 is 0 Å². The number of hydrogen-bond acceptors (Lipinski definition) is 3. The van der Waals surface area contributed by atoms with Crippen molar-refractivity contribution in [2.75, 3.05) is 0 Å². The molecule has 1 aromatic rings. The molecule has 0 radical (unpaired) electrons. The second kappa shape index (κ2) is 6.48. The van der Waals surface area contributed by atoms with Gasteiger partial charge in [-0.1, -0.05) is 39.5 Å². The molecule has 0 heterocycles. The highest BCUT2D eigenvalue weighted by molar-refractivity contribution is 6.74. The number of esters is 1. The third kappa shape index (κ3) is 4.74. The van der Waals surface area contributed by atoms with Crippen LogP contribution in [0.3, 0.4) is 0 Å². The van der Waals surface area contributed by atoms with Crippen LogP contribution in [-0.4, -0.2) is 14.3 Å². The molecule has 3 nitrogen and oxygen atoms in total. The van der Waals surface area contributed by atoms with Gasteiger partial charge in [0, 0.05) is 6.92 Å². The fourth-order valence-electron chi connectivity index (χ4n) is 1.63. The predicted octanol–water partition coefficient (Wildman–Crippen LogP) is 4.86. The Morgan fingerprint density at radius 2 is 1.95 bits per heavy atom. The average molecular weight is 306 g/mol. The molecule has 0 aliphatic heterocycles. The summed E-state index contributed by atoms with van der Waals surface area (Å²) in [5.74, 6) is 0.494. The lowest BCUT2D eigenvalue weighted by Crippen LogP contribution is -2.43. The minimum absolute atomic E-state index is 0.136. The van der Waals surface area contributed by atoms with Crippen molar-refractivity contribution < 1.29 is 14.0 Å². The maximum atomic E-state index is 11.1. The summed E-state index contributed by atoms with van der Waals surface area (Å²) in [6.45, 7) is 16.1. The van der Waals surface area contributed by atoms with Gasteiger partial charge in [-0.05, 0) is 41.9 Å². The number of ether oxygens (including phenoxy) is 1. The summed E-state index contributed by atoms with van der Waals surface area (Å²) in [6, 6.07) is 7.69. The first-order valence-electron chi connectivity index (χ1n) is 7.15. The van der Waals surface area contributed by atoms with E-state index < -0.39 is 14.4 Å². The van der Waals surface area contributed by atoms with E-state index in [0.29, 0.717) is 0 Å². The molecule has 0 amide bonds. The lowest BCUT2D eigenvalue weighted by atomic mass is 10.1. The molecule has 0 spiro atoms. The molecule has 21 heavy (non-hydrogen) atoms. The second-order valence-corrected chi connectivity index (χ2v) is 11.4. The van der Waals surface area contributed by atoms with Gasteiger partial charge in [-0.15, -0.1) is 0 Å². The van der Waals surface area contributed by atoms with E-state index in [2.05, 4.69) is 40.4 Å².